The number of rotatable bonds is 20. The highest BCUT2D eigenvalue weighted by molar-refractivity contribution is 7.87. The van der Waals surface area contributed by atoms with Crippen molar-refractivity contribution in [1.82, 2.24) is 40.0 Å². The second-order valence-corrected chi connectivity index (χ2v) is 45.4. The maximum absolute atomic E-state index is 11.6. The summed E-state index contributed by atoms with van der Waals surface area (Å²) in [6.45, 7) is 27.1. The molecule has 0 spiro atoms. The first-order chi connectivity index (χ1) is 68.2. The van der Waals surface area contributed by atoms with Gasteiger partial charge in [0.25, 0.3) is 60.7 Å². The van der Waals surface area contributed by atoms with Crippen LogP contribution >= 0.6 is 0 Å². The topological polar surface area (TPSA) is 540 Å². The van der Waals surface area contributed by atoms with Gasteiger partial charge in [-0.25, -0.2) is 0 Å². The second-order valence-electron chi connectivity index (χ2n) is 37.1. The highest BCUT2D eigenvalue weighted by Gasteiger charge is 2.32. The quantitative estimate of drug-likeness (QED) is 0.0259. The zero-order valence-electron chi connectivity index (χ0n) is 85.5. The molecule has 798 valence electrons. The highest BCUT2D eigenvalue weighted by Crippen LogP contribution is 2.36. The number of hydrogen-bond acceptors (Lipinski definition) is 30. The van der Waals surface area contributed by atoms with Crippen molar-refractivity contribution in [1.29, 1.82) is 0 Å². The molecule has 10 aromatic carbocycles. The van der Waals surface area contributed by atoms with Crippen molar-refractivity contribution >= 4 is 129 Å². The number of fused-ring (bicyclic) bond motifs is 7. The molecule has 0 aromatic heterocycles. The molecule has 16 rings (SSSR count). The molecule has 0 bridgehead atoms. The fourth-order valence-corrected chi connectivity index (χ4v) is 21.7. The van der Waals surface area contributed by atoms with E-state index in [2.05, 4.69) is 71.6 Å². The van der Waals surface area contributed by atoms with Crippen LogP contribution in [0, 0.1) is 6.92 Å². The third kappa shape index (κ3) is 34.4. The maximum atomic E-state index is 11.6. The number of likely N-dealkylation sites (N-methyl/N-ethyl adjacent to an activating group) is 4. The van der Waals surface area contributed by atoms with Gasteiger partial charge in [0.05, 0.1) is 19.6 Å². The Bertz CT molecular complexity index is 7470. The molecule has 36 nitrogen and oxygen atoms in total. The summed E-state index contributed by atoms with van der Waals surface area (Å²) in [7, 11) is -11.3. The van der Waals surface area contributed by atoms with Crippen LogP contribution in [0.15, 0.2) is 181 Å². The summed E-state index contributed by atoms with van der Waals surface area (Å²) < 4.78 is 192. The smallest absolute Gasteiger partial charge is 0.295 e. The molecule has 8 N–H and O–H groups in total. The first-order valence-corrected chi connectivity index (χ1v) is 54.9. The average molecular weight is 2160 g/mol. The third-order valence-electron chi connectivity index (χ3n) is 24.8. The molecule has 0 amide bonds. The third-order valence-corrected chi connectivity index (χ3v) is 30.3. The Labute approximate surface area is 866 Å². The average Bonchev–Trinajstić information content (AvgIpc) is 0.865. The fraction of sp³-hybridized carbons (Fsp3) is 0.358. The summed E-state index contributed by atoms with van der Waals surface area (Å²) in [5, 5.41) is 5.23. The molecule has 0 aliphatic carbocycles. The van der Waals surface area contributed by atoms with Crippen LogP contribution < -0.4 is 10.6 Å². The van der Waals surface area contributed by atoms with E-state index in [4.69, 9.17) is 4.55 Å². The summed E-state index contributed by atoms with van der Waals surface area (Å²) >= 11 is 0. The predicted octanol–water partition coefficient (Wildman–Crippen LogP) is 14.1. The monoisotopic (exact) mass is 2150 g/mol. The lowest BCUT2D eigenvalue weighted by Gasteiger charge is -2.26. The van der Waals surface area contributed by atoms with E-state index < -0.39 is 82.1 Å². The molecule has 0 saturated carbocycles. The van der Waals surface area contributed by atoms with Crippen molar-refractivity contribution < 1.29 is 126 Å². The summed E-state index contributed by atoms with van der Waals surface area (Å²) in [6.07, 6.45) is 3.29. The lowest BCUT2D eigenvalue weighted by molar-refractivity contribution is 0.100. The van der Waals surface area contributed by atoms with Gasteiger partial charge >= 0.3 is 0 Å². The Morgan fingerprint density at radius 1 is 0.257 bits per heavy atom. The molecule has 0 atom stereocenters. The summed E-state index contributed by atoms with van der Waals surface area (Å²) in [4.78, 5) is 124. The summed E-state index contributed by atoms with van der Waals surface area (Å²) in [6, 6.07) is 40.9. The molecular formula is C106H130N8O28S6. The van der Waals surface area contributed by atoms with Crippen molar-refractivity contribution in [3.05, 3.63) is 291 Å². The number of nitrogens with one attached hydrogen (secondary N) is 2. The SMILES string of the molecule is C.CC(=O)c1cc(C)cc2c1CCN(C)C2.CC(=O)c1cc(S(=O)(=O)O)c2cc(C(C)=O)cc(S(=O)(=O)O)c2c1.CC(=O)c1cc2c(c(S(=O)(=O)O)c1)CCN(C)C2.CC(=O)c1cc2c(c(S(=O)(=O)O)c1)CN(C)C2.CC(=O)c1cc2c(c(S(=O)(=O)O)c1)CN(C)CC2.CC(=O)c1ccc2c(c1)CCN(C)C2.CC(=O)c1ccc2c(c1)CN(C)C2.CNCc1ccc(C(C)=O)cc1.CNCc1ccc(C(C)=O)cc1S(=O)(=O)O. The predicted molar refractivity (Wildman–Crippen MR) is 562 cm³/mol. The second kappa shape index (κ2) is 52.2. The molecule has 6 heterocycles. The molecule has 0 unspecified atom stereocenters. The van der Waals surface area contributed by atoms with Gasteiger partial charge in [0.2, 0.25) is 0 Å². The van der Waals surface area contributed by atoms with Crippen molar-refractivity contribution in [3.8, 4) is 0 Å². The number of carbonyl (C=O) groups excluding carboxylic acids is 10. The van der Waals surface area contributed by atoms with Crippen LogP contribution in [0.3, 0.4) is 0 Å². The largest absolute Gasteiger partial charge is 0.316 e. The van der Waals surface area contributed by atoms with Gasteiger partial charge in [-0.15, -0.1) is 0 Å². The maximum Gasteiger partial charge on any atom is 0.295 e. The molecule has 0 fully saturated rings. The molecular weight excluding hydrogens is 2030 g/mol. The number of nitrogens with zero attached hydrogens (tertiary/aromatic N) is 6. The Hall–Kier alpha value is -11.7. The van der Waals surface area contributed by atoms with E-state index in [1.54, 1.807) is 52.9 Å². The van der Waals surface area contributed by atoms with E-state index in [1.165, 1.54) is 109 Å². The van der Waals surface area contributed by atoms with Crippen LogP contribution in [-0.4, -0.2) is 248 Å². The van der Waals surface area contributed by atoms with Crippen LogP contribution in [0.5, 0.6) is 0 Å². The number of benzene rings is 10. The summed E-state index contributed by atoms with van der Waals surface area (Å²) in [5.74, 6) is -1.43. The van der Waals surface area contributed by atoms with Crippen molar-refractivity contribution in [2.75, 3.05) is 82.6 Å². The van der Waals surface area contributed by atoms with Gasteiger partial charge in [-0.2, -0.15) is 50.5 Å². The minimum absolute atomic E-state index is 0. The molecule has 6 aliphatic heterocycles. The zero-order valence-corrected chi connectivity index (χ0v) is 90.4. The minimum atomic E-state index is -4.83. The van der Waals surface area contributed by atoms with Gasteiger partial charge in [-0.1, -0.05) is 79.7 Å². The van der Waals surface area contributed by atoms with E-state index in [1.807, 2.05) is 97.5 Å². The van der Waals surface area contributed by atoms with Crippen molar-refractivity contribution in [3.63, 3.8) is 0 Å². The van der Waals surface area contributed by atoms with Gasteiger partial charge in [-0.3, -0.25) is 85.1 Å². The fourth-order valence-electron chi connectivity index (χ4n) is 17.2. The van der Waals surface area contributed by atoms with Crippen molar-refractivity contribution in [2.45, 2.75) is 204 Å². The van der Waals surface area contributed by atoms with E-state index in [0.717, 1.165) is 149 Å². The van der Waals surface area contributed by atoms with Gasteiger partial charge in [0.1, 0.15) is 9.79 Å². The summed E-state index contributed by atoms with van der Waals surface area (Å²) in [5.41, 5.74) is 19.2. The van der Waals surface area contributed by atoms with E-state index >= 15 is 0 Å². The first-order valence-electron chi connectivity index (χ1n) is 46.2. The first kappa shape index (κ1) is 123. The van der Waals surface area contributed by atoms with E-state index in [-0.39, 0.29) is 101 Å². The van der Waals surface area contributed by atoms with Gasteiger partial charge < -0.3 is 30.2 Å². The molecule has 42 heteroatoms. The highest BCUT2D eigenvalue weighted by atomic mass is 32.2. The van der Waals surface area contributed by atoms with Crippen LogP contribution in [0.25, 0.3) is 10.8 Å². The Balaban J connectivity index is 0.000000227. The molecule has 0 radical (unpaired) electrons. The zero-order chi connectivity index (χ0) is 110. The number of carbonyl (C=O) groups is 10. The molecule has 148 heavy (non-hydrogen) atoms. The number of ketones is 10. The minimum Gasteiger partial charge on any atom is -0.316 e. The standard InChI is InChI=1S/C14H12O8S2.C13H17NO.2C12H15NO4S.C12H15NO.C11H13NO4S.C11H13NO.C10H13NO4S.C10H13NO.CH4/c1-7(15)9-3-11-12(13(5-9)23(17,18)19)4-10(8(2)16)6-14(11)24(20,21)22;1-9-6-11-8-14(3)5-4-12(11)13(7-9)10(2)15;1-8(14)9-5-10-7-13(2)4-3-11(10)12(6-9)18(15,16)17;1-8(14)10-5-9-3-4-13(2)7-11(9)12(6-10)18(15,16)17;1-9(14)10-3-4-12-8-13(2)6-5-11(12)7-10;1-7(13)8-3-9-5-12(2)6-10(9)11(4-8)17(14,15)16;1-8(13)9-3-4-10-6-12(2)7-11(10)5-9;1-7(12)8-3-4-9(6-11-2)10(5-8)16(13,14)15;1-8(12)10-5-3-9(4-6-10)7-11-2;/h3-6H,1-2H3,(H,17,18,19)(H,20,21,22);6-7H,4-5,8H2,1-3H3;2*5-6H,3-4,7H2,1-2H3,(H,15,16,17);3-4,7H,5-6,8H2,1-2H3;3-4H,5-6H2,1-2H3,(H,14,15,16);3-5H,6-7H2,1-2H3;3-5,11H,6H2,1-2H3,(H,13,14,15);3-6,11H,7H2,1-2H3;1H4. The molecule has 0 saturated heterocycles. The molecule has 10 aromatic rings. The number of Topliss-reactive ketones (excluding diaryl/α,β-unsaturated/α-hetero) is 10. The van der Waals surface area contributed by atoms with Crippen LogP contribution in [0.2, 0.25) is 0 Å². The van der Waals surface area contributed by atoms with E-state index in [0.29, 0.717) is 84.5 Å². The number of aryl methyl sites for hydroxylation is 1. The van der Waals surface area contributed by atoms with Crippen LogP contribution in [0.4, 0.5) is 0 Å². The lowest BCUT2D eigenvalue weighted by Crippen LogP contribution is -2.28. The Morgan fingerprint density at radius 2 is 0.534 bits per heavy atom. The van der Waals surface area contributed by atoms with Gasteiger partial charge in [0, 0.05) is 158 Å². The number of hydrogen-bond donors (Lipinski definition) is 8. The van der Waals surface area contributed by atoms with Crippen molar-refractivity contribution in [2.24, 2.45) is 0 Å². The van der Waals surface area contributed by atoms with Crippen LogP contribution in [-0.2, 0) is 152 Å². The lowest BCUT2D eigenvalue weighted by atomic mass is 9.91. The Kier molecular flexibility index (Phi) is 43.4. The normalized spacial score (nSPS) is 14.4. The van der Waals surface area contributed by atoms with Crippen LogP contribution in [0.1, 0.15) is 264 Å². The Morgan fingerprint density at radius 3 is 0.946 bits per heavy atom. The van der Waals surface area contributed by atoms with Gasteiger partial charge in [-0.05, 0) is 321 Å². The van der Waals surface area contributed by atoms with Gasteiger partial charge in [0.15, 0.2) is 57.8 Å². The van der Waals surface area contributed by atoms with E-state index in [9.17, 15) is 121 Å². The molecule has 6 aliphatic rings.